The van der Waals surface area contributed by atoms with Gasteiger partial charge in [0.25, 0.3) is 0 Å². The highest BCUT2D eigenvalue weighted by Crippen LogP contribution is 2.42. The molecule has 6 heteroatoms. The molecular weight excluding hydrogens is 402 g/mol. The van der Waals surface area contributed by atoms with Crippen molar-refractivity contribution in [2.24, 2.45) is 0 Å². The molecule has 1 fully saturated rings. The van der Waals surface area contributed by atoms with Gasteiger partial charge >= 0.3 is 0 Å². The summed E-state index contributed by atoms with van der Waals surface area (Å²) >= 11 is 5.85. The number of rotatable bonds is 4. The quantitative estimate of drug-likeness (QED) is 0.463. The minimum absolute atomic E-state index is 0.0623. The second-order valence-corrected chi connectivity index (χ2v) is 8.16. The third-order valence-electron chi connectivity index (χ3n) is 5.89. The zero-order chi connectivity index (χ0) is 21.4. The van der Waals surface area contributed by atoms with E-state index in [2.05, 4.69) is 81.2 Å². The molecule has 1 aliphatic heterocycles. The maximum Gasteiger partial charge on any atom is 0.174 e. The number of hydrogen-bond donors (Lipinski definition) is 1. The molecule has 1 aliphatic rings. The number of pyridine rings is 2. The summed E-state index contributed by atoms with van der Waals surface area (Å²) in [6.45, 7) is 4.26. The largest absolute Gasteiger partial charge is 0.351 e. The minimum atomic E-state index is -0.0780. The van der Waals surface area contributed by atoms with Crippen LogP contribution in [0.4, 0.5) is 5.69 Å². The summed E-state index contributed by atoms with van der Waals surface area (Å²) in [6, 6.07) is 20.6. The lowest BCUT2D eigenvalue weighted by Gasteiger charge is -2.29. The summed E-state index contributed by atoms with van der Waals surface area (Å²) in [5.41, 5.74) is 6.74. The van der Waals surface area contributed by atoms with Crippen LogP contribution in [-0.4, -0.2) is 19.6 Å². The second kappa shape index (κ2) is 7.96. The molecule has 3 aromatic heterocycles. The first kappa shape index (κ1) is 19.5. The Morgan fingerprint density at radius 2 is 1.71 bits per heavy atom. The minimum Gasteiger partial charge on any atom is -0.351 e. The number of anilines is 1. The highest BCUT2D eigenvalue weighted by molar-refractivity contribution is 7.80. The molecule has 0 unspecified atom stereocenters. The van der Waals surface area contributed by atoms with Crippen molar-refractivity contribution in [2.75, 3.05) is 4.90 Å². The van der Waals surface area contributed by atoms with E-state index in [1.807, 2.05) is 42.9 Å². The third-order valence-corrected chi connectivity index (χ3v) is 6.21. The van der Waals surface area contributed by atoms with Crippen molar-refractivity contribution in [1.29, 1.82) is 0 Å². The van der Waals surface area contributed by atoms with Crippen LogP contribution in [0.2, 0.25) is 0 Å². The number of aryl methyl sites for hydroxylation is 2. The lowest BCUT2D eigenvalue weighted by Crippen LogP contribution is -2.30. The van der Waals surface area contributed by atoms with Gasteiger partial charge in [0.15, 0.2) is 5.11 Å². The highest BCUT2D eigenvalue weighted by Gasteiger charge is 2.42. The van der Waals surface area contributed by atoms with E-state index in [9.17, 15) is 0 Å². The highest BCUT2D eigenvalue weighted by atomic mass is 32.1. The van der Waals surface area contributed by atoms with Gasteiger partial charge in [0.05, 0.1) is 11.7 Å². The molecular formula is C25H23N5S. The number of benzene rings is 1. The lowest BCUT2D eigenvalue weighted by molar-refractivity contribution is 0.549. The molecule has 0 radical (unpaired) electrons. The average Bonchev–Trinajstić information content (AvgIpc) is 3.41. The van der Waals surface area contributed by atoms with E-state index >= 15 is 0 Å². The molecule has 1 N–H and O–H groups in total. The van der Waals surface area contributed by atoms with Crippen LogP contribution in [0.1, 0.15) is 34.6 Å². The van der Waals surface area contributed by atoms with Gasteiger partial charge in [-0.1, -0.05) is 12.1 Å². The van der Waals surface area contributed by atoms with E-state index < -0.39 is 0 Å². The Hall–Kier alpha value is -3.51. The van der Waals surface area contributed by atoms with Crippen molar-refractivity contribution in [2.45, 2.75) is 25.9 Å². The van der Waals surface area contributed by atoms with Crippen LogP contribution >= 0.6 is 12.2 Å². The predicted octanol–water partition coefficient (Wildman–Crippen LogP) is 5.06. The summed E-state index contributed by atoms with van der Waals surface area (Å²) in [5, 5.41) is 4.24. The monoisotopic (exact) mass is 425 g/mol. The molecule has 1 aromatic carbocycles. The van der Waals surface area contributed by atoms with Crippen molar-refractivity contribution >= 4 is 23.0 Å². The fourth-order valence-corrected chi connectivity index (χ4v) is 4.53. The van der Waals surface area contributed by atoms with E-state index in [1.54, 1.807) is 0 Å². The van der Waals surface area contributed by atoms with Gasteiger partial charge in [-0.25, -0.2) is 0 Å². The number of nitrogens with one attached hydrogen (secondary N) is 1. The Kier molecular flexibility index (Phi) is 5.00. The topological polar surface area (TPSA) is 46.0 Å². The maximum absolute atomic E-state index is 5.85. The predicted molar refractivity (Wildman–Crippen MR) is 127 cm³/mol. The Labute approximate surface area is 187 Å². The fraction of sp³-hybridized carbons (Fsp3) is 0.160. The summed E-state index contributed by atoms with van der Waals surface area (Å²) < 4.78 is 2.20. The molecule has 31 heavy (non-hydrogen) atoms. The van der Waals surface area contributed by atoms with Crippen LogP contribution in [0, 0.1) is 13.8 Å². The zero-order valence-electron chi connectivity index (χ0n) is 17.4. The molecule has 5 rings (SSSR count). The third kappa shape index (κ3) is 3.49. The molecule has 154 valence electrons. The zero-order valence-corrected chi connectivity index (χ0v) is 18.3. The normalized spacial score (nSPS) is 18.3. The van der Waals surface area contributed by atoms with Gasteiger partial charge in [0, 0.05) is 41.9 Å². The molecule has 0 aliphatic carbocycles. The van der Waals surface area contributed by atoms with Crippen LogP contribution < -0.4 is 10.2 Å². The molecule has 4 aromatic rings. The maximum atomic E-state index is 5.85. The van der Waals surface area contributed by atoms with Gasteiger partial charge in [-0.2, -0.15) is 0 Å². The van der Waals surface area contributed by atoms with E-state index in [1.165, 1.54) is 11.1 Å². The summed E-state index contributed by atoms with van der Waals surface area (Å²) in [6.07, 6.45) is 7.54. The van der Waals surface area contributed by atoms with Gasteiger partial charge in [-0.15, -0.1) is 0 Å². The van der Waals surface area contributed by atoms with E-state index in [0.717, 1.165) is 22.8 Å². The van der Waals surface area contributed by atoms with Crippen LogP contribution in [-0.2, 0) is 0 Å². The van der Waals surface area contributed by atoms with E-state index in [4.69, 9.17) is 12.2 Å². The summed E-state index contributed by atoms with van der Waals surface area (Å²) in [7, 11) is 0. The average molecular weight is 426 g/mol. The Balaban J connectivity index is 1.68. The number of hydrogen-bond acceptors (Lipinski definition) is 3. The van der Waals surface area contributed by atoms with Crippen LogP contribution in [0.25, 0.3) is 5.69 Å². The Bertz CT molecular complexity index is 1220. The van der Waals surface area contributed by atoms with Crippen molar-refractivity contribution in [1.82, 2.24) is 19.9 Å². The molecule has 0 bridgehead atoms. The van der Waals surface area contributed by atoms with E-state index in [-0.39, 0.29) is 12.1 Å². The number of nitrogens with zero attached hydrogens (tertiary/aromatic N) is 4. The first-order chi connectivity index (χ1) is 15.1. The van der Waals surface area contributed by atoms with Crippen molar-refractivity contribution < 1.29 is 0 Å². The lowest BCUT2D eigenvalue weighted by atomic mass is 10.00. The number of thiocarbonyl (C=S) groups is 1. The Morgan fingerprint density at radius 1 is 0.871 bits per heavy atom. The van der Waals surface area contributed by atoms with Crippen LogP contribution in [0.15, 0.2) is 85.5 Å². The first-order valence-corrected chi connectivity index (χ1v) is 10.7. The van der Waals surface area contributed by atoms with Crippen LogP contribution in [0.5, 0.6) is 0 Å². The van der Waals surface area contributed by atoms with Gasteiger partial charge in [-0.05, 0) is 85.7 Å². The SMILES string of the molecule is Cc1ccc(N2C(=S)N[C@@H](c3ccccn3)[C@@H]2c2cccn2-c2ccncc2)cc1C. The molecule has 0 amide bonds. The molecule has 0 spiro atoms. The van der Waals surface area contributed by atoms with Crippen LogP contribution in [0.3, 0.4) is 0 Å². The molecule has 1 saturated heterocycles. The van der Waals surface area contributed by atoms with Gasteiger partial charge in [0.1, 0.15) is 6.04 Å². The smallest absolute Gasteiger partial charge is 0.174 e. The molecule has 4 heterocycles. The van der Waals surface area contributed by atoms with Gasteiger partial charge < -0.3 is 14.8 Å². The summed E-state index contributed by atoms with van der Waals surface area (Å²) in [4.78, 5) is 11.0. The molecule has 2 atom stereocenters. The second-order valence-electron chi connectivity index (χ2n) is 7.77. The molecule has 0 saturated carbocycles. The van der Waals surface area contributed by atoms with E-state index in [0.29, 0.717) is 5.11 Å². The van der Waals surface area contributed by atoms with Crippen molar-refractivity contribution in [3.63, 3.8) is 0 Å². The number of aromatic nitrogens is 3. The first-order valence-electron chi connectivity index (χ1n) is 10.3. The van der Waals surface area contributed by atoms with Crippen molar-refractivity contribution in [3.8, 4) is 5.69 Å². The summed E-state index contributed by atoms with van der Waals surface area (Å²) in [5.74, 6) is 0. The van der Waals surface area contributed by atoms with Crippen molar-refractivity contribution in [3.05, 3.63) is 108 Å². The van der Waals surface area contributed by atoms with Gasteiger partial charge in [-0.3, -0.25) is 9.97 Å². The fourth-order valence-electron chi connectivity index (χ4n) is 4.18. The standard InChI is InChI=1S/C25H23N5S/c1-17-8-9-20(16-18(17)2)30-24(23(28-25(30)31)21-6-3-4-12-27-21)22-7-5-15-29(22)19-10-13-26-14-11-19/h3-16,23-24H,1-2H3,(H,28,31)/t23-,24-/m0/s1. The molecule has 5 nitrogen and oxygen atoms in total. The Morgan fingerprint density at radius 3 is 2.45 bits per heavy atom. The van der Waals surface area contributed by atoms with Gasteiger partial charge in [0.2, 0.25) is 0 Å².